The summed E-state index contributed by atoms with van der Waals surface area (Å²) in [6.07, 6.45) is 6.60. The quantitative estimate of drug-likeness (QED) is 0.247. The molecule has 188 valence electrons. The molecule has 0 unspecified atom stereocenters. The smallest absolute Gasteiger partial charge is 0.321 e. The average molecular weight is 500 g/mol. The first-order valence-corrected chi connectivity index (χ1v) is 11.3. The zero-order chi connectivity index (χ0) is 24.9. The summed E-state index contributed by atoms with van der Waals surface area (Å²) in [5, 5.41) is 8.44. The number of halogens is 1. The zero-order valence-electron chi connectivity index (χ0n) is 19.3. The van der Waals surface area contributed by atoms with Crippen LogP contribution >= 0.6 is 0 Å². The molecule has 5 rings (SSSR count). The number of hydrogen-bond donors (Lipinski definition) is 4. The largest absolute Gasteiger partial charge is 0.349 e. The summed E-state index contributed by atoms with van der Waals surface area (Å²) in [7, 11) is 0. The summed E-state index contributed by atoms with van der Waals surface area (Å²) in [6, 6.07) is 11.8. The lowest BCUT2D eigenvalue weighted by atomic mass is 10.0. The Morgan fingerprint density at radius 2 is 1.81 bits per heavy atom. The molecule has 0 saturated carbocycles. The fourth-order valence-corrected chi connectivity index (χ4v) is 3.66. The van der Waals surface area contributed by atoms with E-state index in [0.717, 1.165) is 11.3 Å². The highest BCUT2D eigenvalue weighted by Crippen LogP contribution is 2.33. The van der Waals surface area contributed by atoms with E-state index in [-0.39, 0.29) is 19.1 Å². The fourth-order valence-electron chi connectivity index (χ4n) is 3.66. The van der Waals surface area contributed by atoms with E-state index in [1.54, 1.807) is 24.7 Å². The molecule has 0 aliphatic heterocycles. The first-order chi connectivity index (χ1) is 17.6. The van der Waals surface area contributed by atoms with Gasteiger partial charge in [0.2, 0.25) is 11.9 Å². The van der Waals surface area contributed by atoms with Crippen molar-refractivity contribution in [3.8, 4) is 22.4 Å². The van der Waals surface area contributed by atoms with Gasteiger partial charge in [0.15, 0.2) is 0 Å². The Bertz CT molecular complexity index is 1500. The number of fused-ring (bicyclic) bond motifs is 1. The Labute approximate surface area is 212 Å². The monoisotopic (exact) mass is 499 g/mol. The minimum absolute atomic E-state index is 0. The van der Waals surface area contributed by atoms with Gasteiger partial charge in [0.25, 0.3) is 0 Å². The van der Waals surface area contributed by atoms with Crippen LogP contribution in [0.5, 0.6) is 0 Å². The number of aromatic nitrogens is 6. The van der Waals surface area contributed by atoms with Crippen LogP contribution in [0, 0.1) is 5.82 Å². The van der Waals surface area contributed by atoms with Crippen LogP contribution < -0.4 is 16.0 Å². The van der Waals surface area contributed by atoms with Crippen LogP contribution in [0.25, 0.3) is 33.4 Å². The minimum atomic E-state index is -0.484. The molecule has 0 atom stereocenters. The molecule has 2 amide bonds. The Morgan fingerprint density at radius 1 is 1.00 bits per heavy atom. The second-order valence-electron chi connectivity index (χ2n) is 7.79. The van der Waals surface area contributed by atoms with Crippen molar-refractivity contribution in [1.82, 2.24) is 35.2 Å². The lowest BCUT2D eigenvalue weighted by Gasteiger charge is -2.08. The number of carbonyl (C=O) groups excluding carboxylic acids is 1. The second kappa shape index (κ2) is 11.2. The third-order valence-electron chi connectivity index (χ3n) is 5.31. The van der Waals surface area contributed by atoms with E-state index >= 15 is 0 Å². The summed E-state index contributed by atoms with van der Waals surface area (Å²) in [6.45, 7) is 2.77. The third kappa shape index (κ3) is 5.67. The van der Waals surface area contributed by atoms with Crippen LogP contribution in [-0.2, 0) is 6.54 Å². The molecule has 4 N–H and O–H groups in total. The molecule has 0 fully saturated rings. The van der Waals surface area contributed by atoms with E-state index in [0.29, 0.717) is 41.2 Å². The maximum Gasteiger partial charge on any atom is 0.321 e. The van der Waals surface area contributed by atoms with Gasteiger partial charge in [0.05, 0.1) is 17.8 Å². The highest BCUT2D eigenvalue weighted by molar-refractivity contribution is 5.98. The molecule has 1 aromatic carbocycles. The number of imidazole rings is 1. The second-order valence-corrected chi connectivity index (χ2v) is 7.79. The van der Waals surface area contributed by atoms with E-state index in [2.05, 4.69) is 45.9 Å². The van der Waals surface area contributed by atoms with E-state index in [4.69, 9.17) is 0 Å². The maximum absolute atomic E-state index is 14.7. The summed E-state index contributed by atoms with van der Waals surface area (Å²) in [4.78, 5) is 36.8. The molecular formula is C26H26FN9O. The van der Waals surface area contributed by atoms with Crippen LogP contribution in [0.1, 0.15) is 20.0 Å². The molecular weight excluding hydrogens is 473 g/mol. The number of nitrogens with one attached hydrogen (secondary N) is 4. The van der Waals surface area contributed by atoms with E-state index in [1.807, 2.05) is 31.2 Å². The molecule has 0 bridgehead atoms. The molecule has 10 nitrogen and oxygen atoms in total. The van der Waals surface area contributed by atoms with Gasteiger partial charge in [-0.15, -0.1) is 0 Å². The topological polar surface area (TPSA) is 133 Å². The molecule has 37 heavy (non-hydrogen) atoms. The van der Waals surface area contributed by atoms with Gasteiger partial charge in [0.1, 0.15) is 17.0 Å². The molecule has 0 aliphatic carbocycles. The first kappa shape index (κ1) is 25.2. The van der Waals surface area contributed by atoms with Crippen LogP contribution in [0.2, 0.25) is 0 Å². The van der Waals surface area contributed by atoms with E-state index in [9.17, 15) is 9.18 Å². The Balaban J connectivity index is 0.00000320. The molecule has 4 heterocycles. The number of aromatic amines is 1. The zero-order valence-corrected chi connectivity index (χ0v) is 19.3. The van der Waals surface area contributed by atoms with Gasteiger partial charge >= 0.3 is 6.03 Å². The molecule has 0 saturated heterocycles. The highest BCUT2D eigenvalue weighted by Gasteiger charge is 2.17. The van der Waals surface area contributed by atoms with Crippen molar-refractivity contribution in [2.24, 2.45) is 0 Å². The summed E-state index contributed by atoms with van der Waals surface area (Å²) in [5.74, 6) is 0.204. The van der Waals surface area contributed by atoms with Crippen LogP contribution in [0.15, 0.2) is 67.3 Å². The van der Waals surface area contributed by atoms with E-state index < -0.39 is 11.8 Å². The predicted molar refractivity (Wildman–Crippen MR) is 141 cm³/mol. The Kier molecular flexibility index (Phi) is 7.62. The summed E-state index contributed by atoms with van der Waals surface area (Å²) < 4.78 is 14.7. The van der Waals surface area contributed by atoms with Crippen molar-refractivity contribution >= 4 is 29.0 Å². The number of pyridine rings is 2. The van der Waals surface area contributed by atoms with Gasteiger partial charge in [-0.3, -0.25) is 15.3 Å². The first-order valence-electron chi connectivity index (χ1n) is 11.3. The number of nitrogens with zero attached hydrogens (tertiary/aromatic N) is 5. The van der Waals surface area contributed by atoms with Gasteiger partial charge in [0, 0.05) is 42.5 Å². The molecule has 4 aromatic heterocycles. The molecule has 5 aromatic rings. The number of anilines is 2. The number of hydrogen-bond acceptors (Lipinski definition) is 7. The van der Waals surface area contributed by atoms with Crippen molar-refractivity contribution in [3.63, 3.8) is 0 Å². The number of benzene rings is 1. The van der Waals surface area contributed by atoms with Gasteiger partial charge in [-0.25, -0.2) is 24.1 Å². The molecule has 0 radical (unpaired) electrons. The minimum Gasteiger partial charge on any atom is -0.349 e. The standard InChI is InChI=1S/C25H22FN9O.CH4/c1-2-27-25(36)35-24-33-20-11-15(10-18(22(20)34-24)21-19(26)7-5-9-29-21)16-12-30-23(31-13-16)32-14-17-6-3-4-8-28-17;/h3-13H,2,14H2,1H3,(H,30,31,32)(H3,27,33,34,35,36);1H4. The number of rotatable bonds is 7. The van der Waals surface area contributed by atoms with Crippen molar-refractivity contribution in [2.75, 3.05) is 17.2 Å². The van der Waals surface area contributed by atoms with Gasteiger partial charge in [-0.2, -0.15) is 0 Å². The van der Waals surface area contributed by atoms with Crippen LogP contribution in [0.4, 0.5) is 21.1 Å². The van der Waals surface area contributed by atoms with Crippen LogP contribution in [-0.4, -0.2) is 42.5 Å². The number of amides is 2. The highest BCUT2D eigenvalue weighted by atomic mass is 19.1. The Hall–Kier alpha value is -4.93. The number of urea groups is 1. The maximum atomic E-state index is 14.7. The number of H-pyrrole nitrogens is 1. The van der Waals surface area contributed by atoms with Crippen molar-refractivity contribution in [2.45, 2.75) is 20.9 Å². The normalized spacial score (nSPS) is 10.5. The average Bonchev–Trinajstić information content (AvgIpc) is 3.30. The predicted octanol–water partition coefficient (Wildman–Crippen LogP) is 5.01. The van der Waals surface area contributed by atoms with Gasteiger partial charge in [-0.05, 0) is 48.9 Å². The SMILES string of the molecule is C.CCNC(=O)Nc1nc2c(-c3ncccc3F)cc(-c3cnc(NCc4ccccn4)nc3)cc2[nH]1. The molecule has 11 heteroatoms. The summed E-state index contributed by atoms with van der Waals surface area (Å²) >= 11 is 0. The third-order valence-corrected chi connectivity index (χ3v) is 5.31. The lowest BCUT2D eigenvalue weighted by molar-refractivity contribution is 0.252. The van der Waals surface area contributed by atoms with Crippen molar-refractivity contribution in [1.29, 1.82) is 0 Å². The van der Waals surface area contributed by atoms with Crippen molar-refractivity contribution < 1.29 is 9.18 Å². The van der Waals surface area contributed by atoms with Crippen LogP contribution in [0.3, 0.4) is 0 Å². The van der Waals surface area contributed by atoms with Gasteiger partial charge < -0.3 is 15.6 Å². The van der Waals surface area contributed by atoms with Crippen molar-refractivity contribution in [3.05, 3.63) is 78.8 Å². The molecule has 0 spiro atoms. The number of carbonyl (C=O) groups is 1. The summed E-state index contributed by atoms with van der Waals surface area (Å²) in [5.41, 5.74) is 3.99. The van der Waals surface area contributed by atoms with E-state index in [1.165, 1.54) is 18.3 Å². The van der Waals surface area contributed by atoms with Gasteiger partial charge in [-0.1, -0.05) is 13.5 Å². The lowest BCUT2D eigenvalue weighted by Crippen LogP contribution is -2.28. The fraction of sp³-hybridized carbons (Fsp3) is 0.154. The molecule has 0 aliphatic rings. The Morgan fingerprint density at radius 3 is 2.54 bits per heavy atom.